The second-order valence-electron chi connectivity index (χ2n) is 17.9. The van der Waals surface area contributed by atoms with E-state index in [0.29, 0.717) is 12.8 Å². The van der Waals surface area contributed by atoms with Gasteiger partial charge in [-0.25, -0.2) is 4.57 Å². The van der Waals surface area contributed by atoms with Crippen molar-refractivity contribution in [3.8, 4) is 0 Å². The molecular formula is C51H99O10P. The predicted octanol–water partition coefficient (Wildman–Crippen LogP) is 14.7. The van der Waals surface area contributed by atoms with Gasteiger partial charge in [0.25, 0.3) is 0 Å². The van der Waals surface area contributed by atoms with E-state index in [1.54, 1.807) is 0 Å². The normalized spacial score (nSPS) is 13.7. The van der Waals surface area contributed by atoms with Crippen LogP contribution in [0, 0.1) is 0 Å². The Morgan fingerprint density at radius 3 is 1.16 bits per heavy atom. The molecule has 368 valence electrons. The zero-order chi connectivity index (χ0) is 45.5. The first-order valence-electron chi connectivity index (χ1n) is 26.1. The van der Waals surface area contributed by atoms with Crippen molar-refractivity contribution >= 4 is 19.8 Å². The Morgan fingerprint density at radius 2 is 0.790 bits per heavy atom. The Kier molecular flexibility index (Phi) is 46.7. The van der Waals surface area contributed by atoms with Gasteiger partial charge in [-0.3, -0.25) is 18.6 Å². The van der Waals surface area contributed by atoms with E-state index >= 15 is 0 Å². The van der Waals surface area contributed by atoms with Crippen LogP contribution in [-0.2, 0) is 32.7 Å². The largest absolute Gasteiger partial charge is 0.472 e. The van der Waals surface area contributed by atoms with Gasteiger partial charge in [0.15, 0.2) is 6.10 Å². The molecule has 3 unspecified atom stereocenters. The summed E-state index contributed by atoms with van der Waals surface area (Å²) in [7, 11) is -4.62. The van der Waals surface area contributed by atoms with Crippen LogP contribution in [0.1, 0.15) is 264 Å². The smallest absolute Gasteiger partial charge is 0.462 e. The summed E-state index contributed by atoms with van der Waals surface area (Å²) < 4.78 is 32.9. The fraction of sp³-hybridized carbons (Fsp3) is 0.922. The van der Waals surface area contributed by atoms with Crippen molar-refractivity contribution in [3.63, 3.8) is 0 Å². The lowest BCUT2D eigenvalue weighted by molar-refractivity contribution is -0.161. The molecule has 0 aliphatic heterocycles. The number of ether oxygens (including phenoxy) is 2. The van der Waals surface area contributed by atoms with Gasteiger partial charge in [0.1, 0.15) is 12.7 Å². The molecule has 0 aliphatic rings. The summed E-state index contributed by atoms with van der Waals surface area (Å²) in [5.74, 6) is -0.912. The molecule has 62 heavy (non-hydrogen) atoms. The Balaban J connectivity index is 4.13. The molecular weight excluding hydrogens is 804 g/mol. The lowest BCUT2D eigenvalue weighted by Gasteiger charge is -2.20. The highest BCUT2D eigenvalue weighted by Gasteiger charge is 2.27. The highest BCUT2D eigenvalue weighted by Crippen LogP contribution is 2.43. The maximum absolute atomic E-state index is 12.7. The third-order valence-electron chi connectivity index (χ3n) is 11.7. The van der Waals surface area contributed by atoms with E-state index in [9.17, 15) is 24.2 Å². The van der Waals surface area contributed by atoms with Crippen LogP contribution < -0.4 is 0 Å². The molecule has 3 atom stereocenters. The molecule has 0 rings (SSSR count). The molecule has 3 N–H and O–H groups in total. The number of unbranched alkanes of at least 4 members (excludes halogenated alkanes) is 34. The number of hydrogen-bond donors (Lipinski definition) is 3. The fourth-order valence-electron chi connectivity index (χ4n) is 7.64. The van der Waals surface area contributed by atoms with Crippen LogP contribution in [0.25, 0.3) is 0 Å². The van der Waals surface area contributed by atoms with Gasteiger partial charge in [-0.05, 0) is 38.5 Å². The lowest BCUT2D eigenvalue weighted by Crippen LogP contribution is -2.29. The van der Waals surface area contributed by atoms with Crippen molar-refractivity contribution in [3.05, 3.63) is 12.2 Å². The molecule has 11 heteroatoms. The molecule has 0 bridgehead atoms. The van der Waals surface area contributed by atoms with Crippen LogP contribution in [0.5, 0.6) is 0 Å². The summed E-state index contributed by atoms with van der Waals surface area (Å²) in [4.78, 5) is 35.2. The van der Waals surface area contributed by atoms with E-state index in [1.165, 1.54) is 186 Å². The van der Waals surface area contributed by atoms with Crippen molar-refractivity contribution in [2.45, 2.75) is 276 Å². The van der Waals surface area contributed by atoms with E-state index in [0.717, 1.165) is 38.5 Å². The van der Waals surface area contributed by atoms with Gasteiger partial charge in [-0.2, -0.15) is 0 Å². The Labute approximate surface area is 381 Å². The van der Waals surface area contributed by atoms with Gasteiger partial charge in [-0.15, -0.1) is 0 Å². The van der Waals surface area contributed by atoms with Crippen LogP contribution in [0.4, 0.5) is 0 Å². The van der Waals surface area contributed by atoms with E-state index < -0.39 is 51.8 Å². The topological polar surface area (TPSA) is 149 Å². The molecule has 0 aliphatic carbocycles. The Hall–Kier alpha value is -1.29. The van der Waals surface area contributed by atoms with E-state index in [-0.39, 0.29) is 19.4 Å². The summed E-state index contributed by atoms with van der Waals surface area (Å²) in [6.07, 6.45) is 48.9. The SMILES string of the molecule is CCCCCCCCC/C=C\CCCCCCCCCC(=O)OC(COC(=O)CCCCCCCCCCCCCCCCCCCCCCC)COP(=O)(O)OCC(O)CO. The number of aliphatic hydroxyl groups excluding tert-OH is 2. The first-order valence-corrected chi connectivity index (χ1v) is 27.6. The third-order valence-corrected chi connectivity index (χ3v) is 12.6. The van der Waals surface area contributed by atoms with Gasteiger partial charge in [0, 0.05) is 12.8 Å². The van der Waals surface area contributed by atoms with Crippen molar-refractivity contribution in [2.75, 3.05) is 26.4 Å². The predicted molar refractivity (Wildman–Crippen MR) is 256 cm³/mol. The fourth-order valence-corrected chi connectivity index (χ4v) is 8.43. The minimum atomic E-state index is -4.62. The molecule has 0 fully saturated rings. The standard InChI is InChI=1S/C51H99O10P/c1-3-5-7-9-11-13-15-17-19-21-23-24-25-27-28-30-32-34-36-38-40-42-50(54)58-46-49(47-60-62(56,57)59-45-48(53)44-52)61-51(55)43-41-39-37-35-33-31-29-26-22-20-18-16-14-12-10-8-6-4-2/h20,22,48-49,52-53H,3-19,21,23-47H2,1-2H3,(H,56,57)/b22-20-. The molecule has 0 aromatic heterocycles. The van der Waals surface area contributed by atoms with Crippen molar-refractivity contribution in [2.24, 2.45) is 0 Å². The number of allylic oxidation sites excluding steroid dienone is 2. The summed E-state index contributed by atoms with van der Waals surface area (Å²) in [6.45, 7) is 2.44. The van der Waals surface area contributed by atoms with E-state index in [1.807, 2.05) is 0 Å². The Morgan fingerprint density at radius 1 is 0.468 bits per heavy atom. The number of aliphatic hydroxyl groups is 2. The minimum absolute atomic E-state index is 0.184. The molecule has 0 saturated carbocycles. The number of phosphoric ester groups is 1. The van der Waals surface area contributed by atoms with Gasteiger partial charge < -0.3 is 24.6 Å². The molecule has 10 nitrogen and oxygen atoms in total. The average Bonchev–Trinajstić information content (AvgIpc) is 3.26. The molecule has 0 heterocycles. The van der Waals surface area contributed by atoms with Crippen LogP contribution in [0.2, 0.25) is 0 Å². The second-order valence-corrected chi connectivity index (χ2v) is 19.4. The highest BCUT2D eigenvalue weighted by atomic mass is 31.2. The number of hydrogen-bond acceptors (Lipinski definition) is 9. The average molecular weight is 903 g/mol. The number of phosphoric acid groups is 1. The minimum Gasteiger partial charge on any atom is -0.462 e. The van der Waals surface area contributed by atoms with Crippen LogP contribution in [0.3, 0.4) is 0 Å². The summed E-state index contributed by atoms with van der Waals surface area (Å²) >= 11 is 0. The first kappa shape index (κ1) is 60.7. The first-order chi connectivity index (χ1) is 30.2. The highest BCUT2D eigenvalue weighted by molar-refractivity contribution is 7.47. The molecule has 0 saturated heterocycles. The summed E-state index contributed by atoms with van der Waals surface area (Å²) in [6, 6.07) is 0. The molecule has 0 aromatic carbocycles. The van der Waals surface area contributed by atoms with Crippen LogP contribution in [-0.4, -0.2) is 65.7 Å². The Bertz CT molecular complexity index is 1040. The lowest BCUT2D eigenvalue weighted by atomic mass is 10.0. The number of carbonyl (C=O) groups is 2. The number of rotatable bonds is 50. The number of carbonyl (C=O) groups excluding carboxylic acids is 2. The second kappa shape index (κ2) is 47.7. The van der Waals surface area contributed by atoms with Gasteiger partial charge in [0.2, 0.25) is 0 Å². The molecule has 0 aromatic rings. The van der Waals surface area contributed by atoms with Crippen LogP contribution >= 0.6 is 7.82 Å². The maximum Gasteiger partial charge on any atom is 0.472 e. The van der Waals surface area contributed by atoms with Crippen molar-refractivity contribution < 1.29 is 47.8 Å². The van der Waals surface area contributed by atoms with E-state index in [4.69, 9.17) is 23.6 Å². The van der Waals surface area contributed by atoms with Crippen LogP contribution in [0.15, 0.2) is 12.2 Å². The van der Waals surface area contributed by atoms with Crippen molar-refractivity contribution in [1.82, 2.24) is 0 Å². The van der Waals surface area contributed by atoms with Crippen molar-refractivity contribution in [1.29, 1.82) is 0 Å². The zero-order valence-electron chi connectivity index (χ0n) is 40.4. The van der Waals surface area contributed by atoms with E-state index in [2.05, 4.69) is 26.0 Å². The molecule has 0 radical (unpaired) electrons. The quantitative estimate of drug-likeness (QED) is 0.0233. The number of esters is 2. The van der Waals surface area contributed by atoms with Gasteiger partial charge in [0.05, 0.1) is 19.8 Å². The summed E-state index contributed by atoms with van der Waals surface area (Å²) in [5.41, 5.74) is 0. The summed E-state index contributed by atoms with van der Waals surface area (Å²) in [5, 5.41) is 18.4. The monoisotopic (exact) mass is 903 g/mol. The third kappa shape index (κ3) is 46.7. The maximum atomic E-state index is 12.7. The zero-order valence-corrected chi connectivity index (χ0v) is 41.3. The molecule has 0 amide bonds. The van der Waals surface area contributed by atoms with Gasteiger partial charge >= 0.3 is 19.8 Å². The molecule has 0 spiro atoms. The van der Waals surface area contributed by atoms with Gasteiger partial charge in [-0.1, -0.05) is 225 Å².